The maximum Gasteiger partial charge on any atom is 0.444 e. The van der Waals surface area contributed by atoms with Crippen LogP contribution in [0.15, 0.2) is 0 Å². The summed E-state index contributed by atoms with van der Waals surface area (Å²) in [5.41, 5.74) is -0.685. The second-order valence-corrected chi connectivity index (χ2v) is 3.82. The number of rotatable bonds is 0. The minimum atomic E-state index is -1.03. The Balaban J connectivity index is 2.56. The molecule has 1 rings (SSSR count). The molecule has 1 fully saturated rings. The van der Waals surface area contributed by atoms with Crippen LogP contribution in [0.25, 0.3) is 0 Å². The van der Waals surface area contributed by atoms with Crippen molar-refractivity contribution in [2.75, 3.05) is 6.54 Å². The van der Waals surface area contributed by atoms with E-state index in [1.54, 1.807) is 20.8 Å². The van der Waals surface area contributed by atoms with Crippen molar-refractivity contribution in [1.29, 1.82) is 0 Å². The molecule has 0 spiro atoms. The number of carbonyl (C=O) groups excluding carboxylic acids is 3. The van der Waals surface area contributed by atoms with E-state index in [9.17, 15) is 14.4 Å². The number of hydrogen-bond acceptors (Lipinski definition) is 5. The first-order chi connectivity index (χ1) is 6.29. The number of ether oxygens (including phenoxy) is 1. The second kappa shape index (κ2) is 3.28. The van der Waals surface area contributed by atoms with Crippen molar-refractivity contribution in [2.24, 2.45) is 0 Å². The van der Waals surface area contributed by atoms with Gasteiger partial charge in [-0.25, -0.2) is 9.59 Å². The molecule has 0 N–H and O–H groups in total. The molecule has 0 aromatic rings. The third kappa shape index (κ3) is 2.45. The highest BCUT2D eigenvalue weighted by molar-refractivity contribution is 6.36. The number of carbonyl (C=O) groups is 3. The molecule has 14 heavy (non-hydrogen) atoms. The zero-order valence-corrected chi connectivity index (χ0v) is 8.20. The van der Waals surface area contributed by atoms with Crippen LogP contribution >= 0.6 is 0 Å². The highest BCUT2D eigenvalue weighted by Crippen LogP contribution is 2.12. The second-order valence-electron chi connectivity index (χ2n) is 3.82. The third-order valence-corrected chi connectivity index (χ3v) is 1.31. The van der Waals surface area contributed by atoms with Crippen molar-refractivity contribution in [2.45, 2.75) is 26.4 Å². The van der Waals surface area contributed by atoms with Crippen LogP contribution in [0.4, 0.5) is 4.79 Å². The van der Waals surface area contributed by atoms with Gasteiger partial charge in [0, 0.05) is 0 Å². The molecule has 0 saturated carbocycles. The molecule has 1 amide bonds. The summed E-state index contributed by atoms with van der Waals surface area (Å²) in [6.07, 6.45) is -0.836. The van der Waals surface area contributed by atoms with Crippen molar-refractivity contribution in [1.82, 2.24) is 5.06 Å². The van der Waals surface area contributed by atoms with Gasteiger partial charge in [0.05, 0.1) is 0 Å². The Bertz CT molecular complexity index is 275. The molecule has 1 heterocycles. The fourth-order valence-electron chi connectivity index (χ4n) is 0.793. The zero-order chi connectivity index (χ0) is 10.9. The number of Topliss-reactive ketones (excluding diaryl/α,β-unsaturated/α-hetero) is 1. The van der Waals surface area contributed by atoms with Crippen molar-refractivity contribution in [3.63, 3.8) is 0 Å². The molecule has 0 unspecified atom stereocenters. The predicted octanol–water partition coefficient (Wildman–Crippen LogP) is 0.264. The van der Waals surface area contributed by atoms with Gasteiger partial charge in [-0.2, -0.15) is 0 Å². The van der Waals surface area contributed by atoms with E-state index in [0.29, 0.717) is 5.06 Å². The maximum absolute atomic E-state index is 11.2. The summed E-state index contributed by atoms with van der Waals surface area (Å²) in [7, 11) is 0. The Hall–Kier alpha value is -1.59. The molecule has 6 nitrogen and oxygen atoms in total. The molecule has 1 aliphatic heterocycles. The predicted molar refractivity (Wildman–Crippen MR) is 44.0 cm³/mol. The summed E-state index contributed by atoms with van der Waals surface area (Å²) in [4.78, 5) is 36.9. The molecule has 0 atom stereocenters. The van der Waals surface area contributed by atoms with E-state index in [2.05, 4.69) is 4.84 Å². The van der Waals surface area contributed by atoms with Gasteiger partial charge in [0.15, 0.2) is 0 Å². The Morgan fingerprint density at radius 2 is 2.00 bits per heavy atom. The van der Waals surface area contributed by atoms with Crippen LogP contribution in [0.3, 0.4) is 0 Å². The summed E-state index contributed by atoms with van der Waals surface area (Å²) in [6.45, 7) is 4.63. The van der Waals surface area contributed by atoms with E-state index in [1.807, 2.05) is 0 Å². The van der Waals surface area contributed by atoms with Crippen molar-refractivity contribution in [3.8, 4) is 0 Å². The van der Waals surface area contributed by atoms with E-state index >= 15 is 0 Å². The van der Waals surface area contributed by atoms with E-state index in [-0.39, 0.29) is 6.54 Å². The van der Waals surface area contributed by atoms with Crippen LogP contribution in [0.5, 0.6) is 0 Å². The molecule has 6 heteroatoms. The summed E-state index contributed by atoms with van der Waals surface area (Å²) in [6, 6.07) is 0. The fraction of sp³-hybridized carbons (Fsp3) is 0.625. The van der Waals surface area contributed by atoms with Crippen molar-refractivity contribution >= 4 is 17.8 Å². The van der Waals surface area contributed by atoms with E-state index in [1.165, 1.54) is 0 Å². The van der Waals surface area contributed by atoms with E-state index in [0.717, 1.165) is 0 Å². The van der Waals surface area contributed by atoms with Gasteiger partial charge in [-0.1, -0.05) is 0 Å². The highest BCUT2D eigenvalue weighted by Gasteiger charge is 2.36. The lowest BCUT2D eigenvalue weighted by Gasteiger charge is -2.22. The lowest BCUT2D eigenvalue weighted by Crippen LogP contribution is -2.34. The zero-order valence-electron chi connectivity index (χ0n) is 8.20. The maximum atomic E-state index is 11.2. The Labute approximate surface area is 80.7 Å². The van der Waals surface area contributed by atoms with E-state index < -0.39 is 23.4 Å². The van der Waals surface area contributed by atoms with Gasteiger partial charge in [0.2, 0.25) is 0 Å². The van der Waals surface area contributed by atoms with Gasteiger partial charge in [0.1, 0.15) is 12.1 Å². The quantitative estimate of drug-likeness (QED) is 0.526. The topological polar surface area (TPSA) is 72.9 Å². The van der Waals surface area contributed by atoms with Gasteiger partial charge >= 0.3 is 12.1 Å². The number of nitrogens with zero attached hydrogens (tertiary/aromatic N) is 1. The SMILES string of the molecule is CC(C)(C)OC(=O)N1CC(=O)C(=O)O1. The first-order valence-electron chi connectivity index (χ1n) is 4.05. The third-order valence-electron chi connectivity index (χ3n) is 1.31. The smallest absolute Gasteiger partial charge is 0.442 e. The van der Waals surface area contributed by atoms with Crippen LogP contribution in [-0.2, 0) is 19.2 Å². The average molecular weight is 201 g/mol. The van der Waals surface area contributed by atoms with Crippen molar-refractivity contribution < 1.29 is 24.0 Å². The van der Waals surface area contributed by atoms with Crippen LogP contribution in [0.1, 0.15) is 20.8 Å². The lowest BCUT2D eigenvalue weighted by atomic mass is 10.2. The summed E-state index contributed by atoms with van der Waals surface area (Å²) in [5, 5.41) is 0.607. The molecule has 0 aromatic carbocycles. The lowest BCUT2D eigenvalue weighted by molar-refractivity contribution is -0.167. The largest absolute Gasteiger partial charge is 0.444 e. The molecule has 1 saturated heterocycles. The Kier molecular flexibility index (Phi) is 2.46. The highest BCUT2D eigenvalue weighted by atomic mass is 16.8. The van der Waals surface area contributed by atoms with E-state index in [4.69, 9.17) is 4.74 Å². The minimum absolute atomic E-state index is 0.381. The molecule has 78 valence electrons. The number of hydrogen-bond donors (Lipinski definition) is 0. The molecule has 0 aliphatic carbocycles. The molecule has 1 aliphatic rings. The normalized spacial score (nSPS) is 16.9. The minimum Gasteiger partial charge on any atom is -0.442 e. The van der Waals surface area contributed by atoms with Crippen molar-refractivity contribution in [3.05, 3.63) is 0 Å². The van der Waals surface area contributed by atoms with Gasteiger partial charge in [-0.3, -0.25) is 4.79 Å². The Morgan fingerprint density at radius 1 is 1.43 bits per heavy atom. The first kappa shape index (κ1) is 10.5. The molecule has 0 bridgehead atoms. The van der Waals surface area contributed by atoms with Gasteiger partial charge in [-0.15, -0.1) is 5.06 Å². The van der Waals surface area contributed by atoms with Gasteiger partial charge < -0.3 is 9.57 Å². The fourth-order valence-corrected chi connectivity index (χ4v) is 0.793. The summed E-state index contributed by atoms with van der Waals surface area (Å²) < 4.78 is 4.88. The summed E-state index contributed by atoms with van der Waals surface area (Å²) >= 11 is 0. The van der Waals surface area contributed by atoms with Crippen LogP contribution < -0.4 is 0 Å². The van der Waals surface area contributed by atoms with Crippen LogP contribution in [0, 0.1) is 0 Å². The molecule has 0 radical (unpaired) electrons. The average Bonchev–Trinajstić information content (AvgIpc) is 2.28. The molecular formula is C8H11NO5. The van der Waals surface area contributed by atoms with Crippen LogP contribution in [0.2, 0.25) is 0 Å². The molecule has 0 aromatic heterocycles. The van der Waals surface area contributed by atoms with Gasteiger partial charge in [0.25, 0.3) is 5.78 Å². The number of amides is 1. The van der Waals surface area contributed by atoms with Crippen LogP contribution in [-0.4, -0.2) is 35.1 Å². The Morgan fingerprint density at radius 3 is 2.36 bits per heavy atom. The number of hydroxylamine groups is 2. The standard InChI is InChI=1S/C8H11NO5/c1-8(2,3)13-7(12)9-4-5(10)6(11)14-9/h4H2,1-3H3. The monoisotopic (exact) mass is 201 g/mol. The molecular weight excluding hydrogens is 190 g/mol. The number of ketones is 1. The first-order valence-corrected chi connectivity index (χ1v) is 4.05. The summed E-state index contributed by atoms with van der Waals surface area (Å²) in [5.74, 6) is -1.79. The van der Waals surface area contributed by atoms with Gasteiger partial charge in [-0.05, 0) is 20.8 Å².